The number of nitrogens with one attached hydrogen (secondary N) is 1. The maximum Gasteiger partial charge on any atom is 0.329 e. The maximum atomic E-state index is 12.1. The van der Waals surface area contributed by atoms with E-state index >= 15 is 0 Å². The second kappa shape index (κ2) is 4.87. The number of aliphatic carboxylic acids is 1. The van der Waals surface area contributed by atoms with E-state index in [1.165, 1.54) is 4.90 Å². The number of benzene rings is 1. The lowest BCUT2D eigenvalue weighted by atomic mass is 10.0. The van der Waals surface area contributed by atoms with Crippen LogP contribution in [-0.2, 0) is 20.8 Å². The highest BCUT2D eigenvalue weighted by atomic mass is 16.4. The zero-order chi connectivity index (χ0) is 15.0. The molecule has 0 radical (unpaired) electrons. The Morgan fingerprint density at radius 2 is 1.95 bits per heavy atom. The van der Waals surface area contributed by atoms with E-state index in [0.717, 1.165) is 11.3 Å². The number of amides is 2. The van der Waals surface area contributed by atoms with Gasteiger partial charge in [0.05, 0.1) is 0 Å². The van der Waals surface area contributed by atoms with Gasteiger partial charge in [-0.05, 0) is 30.9 Å². The van der Waals surface area contributed by atoms with Gasteiger partial charge in [0.25, 0.3) is 0 Å². The first-order chi connectivity index (χ1) is 10.0. The Kier molecular flexibility index (Phi) is 3.16. The van der Waals surface area contributed by atoms with Crippen molar-refractivity contribution < 1.29 is 19.5 Å². The number of para-hydroxylation sites is 1. The number of carbonyl (C=O) groups is 3. The lowest BCUT2D eigenvalue weighted by molar-refractivity contribution is -0.143. The molecule has 0 atom stereocenters. The van der Waals surface area contributed by atoms with Crippen molar-refractivity contribution in [2.45, 2.75) is 31.2 Å². The molecule has 1 saturated carbocycles. The van der Waals surface area contributed by atoms with Gasteiger partial charge in [0.2, 0.25) is 11.8 Å². The first kappa shape index (κ1) is 13.6. The zero-order valence-electron chi connectivity index (χ0n) is 11.5. The summed E-state index contributed by atoms with van der Waals surface area (Å²) in [4.78, 5) is 36.6. The molecule has 6 nitrogen and oxygen atoms in total. The van der Waals surface area contributed by atoms with Gasteiger partial charge >= 0.3 is 5.97 Å². The molecule has 0 unspecified atom stereocenters. The molecular formula is C15H16N2O4. The summed E-state index contributed by atoms with van der Waals surface area (Å²) in [6.07, 6.45) is 1.93. The van der Waals surface area contributed by atoms with E-state index < -0.39 is 17.4 Å². The molecule has 110 valence electrons. The topological polar surface area (TPSA) is 86.7 Å². The molecule has 2 N–H and O–H groups in total. The normalized spacial score (nSPS) is 18.9. The van der Waals surface area contributed by atoms with Gasteiger partial charge in [-0.25, -0.2) is 4.79 Å². The monoisotopic (exact) mass is 288 g/mol. The van der Waals surface area contributed by atoms with Crippen LogP contribution in [0.15, 0.2) is 24.3 Å². The Bertz CT molecular complexity index is 622. The molecule has 2 amide bonds. The van der Waals surface area contributed by atoms with Crippen LogP contribution in [0.4, 0.5) is 5.69 Å². The van der Waals surface area contributed by atoms with Crippen molar-refractivity contribution in [1.82, 2.24) is 5.32 Å². The molecule has 0 aromatic heterocycles. The first-order valence-electron chi connectivity index (χ1n) is 6.94. The molecule has 0 saturated heterocycles. The first-order valence-corrected chi connectivity index (χ1v) is 6.94. The average Bonchev–Trinajstić information content (AvgIpc) is 3.23. The van der Waals surface area contributed by atoms with Crippen molar-refractivity contribution in [3.63, 3.8) is 0 Å². The largest absolute Gasteiger partial charge is 0.480 e. The van der Waals surface area contributed by atoms with Crippen LogP contribution in [0.25, 0.3) is 0 Å². The lowest BCUT2D eigenvalue weighted by Crippen LogP contribution is -2.49. The lowest BCUT2D eigenvalue weighted by Gasteiger charge is -2.29. The van der Waals surface area contributed by atoms with Gasteiger partial charge in [-0.15, -0.1) is 0 Å². The number of hydrogen-bond acceptors (Lipinski definition) is 3. The molecule has 0 bridgehead atoms. The maximum absolute atomic E-state index is 12.1. The minimum atomic E-state index is -1.12. The fourth-order valence-electron chi connectivity index (χ4n) is 2.64. The number of hydrogen-bond donors (Lipinski definition) is 2. The average molecular weight is 288 g/mol. The molecule has 1 fully saturated rings. The summed E-state index contributed by atoms with van der Waals surface area (Å²) in [6, 6.07) is 7.47. The number of carboxylic acid groups (broad SMARTS) is 1. The van der Waals surface area contributed by atoms with Crippen LogP contribution in [0.1, 0.15) is 24.8 Å². The highest BCUT2D eigenvalue weighted by Gasteiger charge is 2.51. The number of rotatable bonds is 4. The molecule has 2 aliphatic rings. The number of carboxylic acids is 1. The Morgan fingerprint density at radius 1 is 1.24 bits per heavy atom. The van der Waals surface area contributed by atoms with Crippen molar-refractivity contribution in [3.05, 3.63) is 29.8 Å². The summed E-state index contributed by atoms with van der Waals surface area (Å²) in [5.74, 6) is -1.55. The van der Waals surface area contributed by atoms with Gasteiger partial charge in [0.15, 0.2) is 0 Å². The van der Waals surface area contributed by atoms with Crippen molar-refractivity contribution >= 4 is 23.5 Å². The second-order valence-electron chi connectivity index (χ2n) is 5.54. The summed E-state index contributed by atoms with van der Waals surface area (Å²) in [5.41, 5.74) is 0.656. The molecule has 1 aromatic rings. The molecule has 3 rings (SSSR count). The molecule has 1 aromatic carbocycles. The van der Waals surface area contributed by atoms with Crippen molar-refractivity contribution in [1.29, 1.82) is 0 Å². The van der Waals surface area contributed by atoms with Crippen molar-refractivity contribution in [2.75, 3.05) is 11.4 Å². The van der Waals surface area contributed by atoms with Crippen molar-refractivity contribution in [3.8, 4) is 0 Å². The van der Waals surface area contributed by atoms with Gasteiger partial charge in [-0.1, -0.05) is 18.2 Å². The van der Waals surface area contributed by atoms with E-state index in [-0.39, 0.29) is 12.5 Å². The predicted octanol–water partition coefficient (Wildman–Crippen LogP) is 0.699. The Labute approximate surface area is 121 Å². The zero-order valence-corrected chi connectivity index (χ0v) is 11.5. The third kappa shape index (κ3) is 2.49. The summed E-state index contributed by atoms with van der Waals surface area (Å²) in [7, 11) is 0. The van der Waals surface area contributed by atoms with Crippen LogP contribution in [0.2, 0.25) is 0 Å². The molecule has 1 aliphatic heterocycles. The SMILES string of the molecule is O=C(CN1C(=O)CCc2ccccc21)NC1(C(=O)O)CC1. The van der Waals surface area contributed by atoms with Gasteiger partial charge in [0.1, 0.15) is 12.1 Å². The van der Waals surface area contributed by atoms with Crippen LogP contribution >= 0.6 is 0 Å². The van der Waals surface area contributed by atoms with Gasteiger partial charge < -0.3 is 15.3 Å². The van der Waals surface area contributed by atoms with Gasteiger partial charge in [-0.2, -0.15) is 0 Å². The smallest absolute Gasteiger partial charge is 0.329 e. The molecule has 21 heavy (non-hydrogen) atoms. The summed E-state index contributed by atoms with van der Waals surface area (Å²) < 4.78 is 0. The predicted molar refractivity (Wildman–Crippen MR) is 74.9 cm³/mol. The van der Waals surface area contributed by atoms with Crippen LogP contribution in [-0.4, -0.2) is 35.0 Å². The third-order valence-corrected chi connectivity index (χ3v) is 4.03. The molecule has 1 heterocycles. The van der Waals surface area contributed by atoms with E-state index in [1.807, 2.05) is 24.3 Å². The molecule has 1 aliphatic carbocycles. The van der Waals surface area contributed by atoms with Crippen molar-refractivity contribution in [2.24, 2.45) is 0 Å². The number of carbonyl (C=O) groups excluding carboxylic acids is 2. The highest BCUT2D eigenvalue weighted by molar-refractivity contribution is 6.02. The Hall–Kier alpha value is -2.37. The number of nitrogens with zero attached hydrogens (tertiary/aromatic N) is 1. The molecule has 6 heteroatoms. The van der Waals surface area contributed by atoms with Gasteiger partial charge in [-0.3, -0.25) is 9.59 Å². The highest BCUT2D eigenvalue weighted by Crippen LogP contribution is 2.35. The number of fused-ring (bicyclic) bond motifs is 1. The van der Waals surface area contributed by atoms with E-state index in [9.17, 15) is 14.4 Å². The summed E-state index contributed by atoms with van der Waals surface area (Å²) in [6.45, 7) is -0.134. The Morgan fingerprint density at radius 3 is 2.62 bits per heavy atom. The van der Waals surface area contributed by atoms with E-state index in [0.29, 0.717) is 25.7 Å². The van der Waals surface area contributed by atoms with E-state index in [2.05, 4.69) is 5.32 Å². The number of anilines is 1. The fraction of sp³-hybridized carbons (Fsp3) is 0.400. The van der Waals surface area contributed by atoms with Crippen LogP contribution in [0, 0.1) is 0 Å². The third-order valence-electron chi connectivity index (χ3n) is 4.03. The minimum absolute atomic E-state index is 0.107. The number of aryl methyl sites for hydroxylation is 1. The standard InChI is InChI=1S/C15H16N2O4/c18-12(16-15(7-8-15)14(20)21)9-17-11-4-2-1-3-10(11)5-6-13(17)19/h1-4H,5-9H2,(H,16,18)(H,20,21). The Balaban J connectivity index is 1.74. The van der Waals surface area contributed by atoms with Crippen LogP contribution in [0.3, 0.4) is 0 Å². The van der Waals surface area contributed by atoms with Crippen LogP contribution < -0.4 is 10.2 Å². The minimum Gasteiger partial charge on any atom is -0.480 e. The second-order valence-corrected chi connectivity index (χ2v) is 5.54. The molecule has 0 spiro atoms. The summed E-state index contributed by atoms with van der Waals surface area (Å²) >= 11 is 0. The van der Waals surface area contributed by atoms with Crippen LogP contribution in [0.5, 0.6) is 0 Å². The molecular weight excluding hydrogens is 272 g/mol. The van der Waals surface area contributed by atoms with E-state index in [4.69, 9.17) is 5.11 Å². The quantitative estimate of drug-likeness (QED) is 0.854. The van der Waals surface area contributed by atoms with E-state index in [1.54, 1.807) is 0 Å². The van der Waals surface area contributed by atoms with Gasteiger partial charge in [0, 0.05) is 12.1 Å². The summed E-state index contributed by atoms with van der Waals surface area (Å²) in [5, 5.41) is 11.6. The fourth-order valence-corrected chi connectivity index (χ4v) is 2.64.